The van der Waals surface area contributed by atoms with Gasteiger partial charge in [0, 0.05) is 36.0 Å². The molecule has 3 aromatic rings. The first-order chi connectivity index (χ1) is 21.6. The Kier molecular flexibility index (Phi) is 7.79. The molecule has 0 radical (unpaired) electrons. The summed E-state index contributed by atoms with van der Waals surface area (Å²) in [4.78, 5) is 15.4. The van der Waals surface area contributed by atoms with E-state index in [1.807, 2.05) is 51.1 Å². The van der Waals surface area contributed by atoms with Crippen LogP contribution in [0.4, 0.5) is 4.79 Å². The maximum Gasteiger partial charge on any atom is 0.408 e. The van der Waals surface area contributed by atoms with Crippen LogP contribution in [0.1, 0.15) is 107 Å². The molecule has 45 heavy (non-hydrogen) atoms. The number of hydrogen-bond donors (Lipinski definition) is 2. The number of alkyl carbamates (subject to hydrolysis) is 1. The van der Waals surface area contributed by atoms with Crippen LogP contribution in [-0.4, -0.2) is 61.2 Å². The third kappa shape index (κ3) is 5.58. The molecular weight excluding hydrogens is 566 g/mol. The lowest BCUT2D eigenvalue weighted by Crippen LogP contribution is -2.85. The largest absolute Gasteiger partial charge is 0.508 e. The molecular formula is C36H47N5O4. The number of piperidine rings is 2. The number of amides is 1. The maximum atomic E-state index is 12.7. The predicted molar refractivity (Wildman–Crippen MR) is 171 cm³/mol. The van der Waals surface area contributed by atoms with Gasteiger partial charge in [-0.3, -0.25) is 4.90 Å². The topological polar surface area (TPSA) is 102 Å². The van der Waals surface area contributed by atoms with E-state index >= 15 is 0 Å². The standard InChI is InChI=1S/C36H47N5O4/c1-23-38-39-33(25-10-14-27(15-11-25)44-28-16-12-26(42)13-17-28)41(23)32-22-31-36(32)20-18-30(36)40(31)21-19-29(24-8-6-5-7-9-24)37-34(43)45-35(2,3)4/h5-9,12-13,16-17,25,27,29-32,42H,10-11,14-15,18-22H2,1-4H3,(H,37,43)/t25?,27?,29-,30?,31?,32?,36?/m0/s1. The number of nitrogens with zero attached hydrogens (tertiary/aromatic N) is 4. The number of aryl methyl sites for hydroxylation is 1. The number of hydrogen-bond acceptors (Lipinski definition) is 7. The predicted octanol–water partition coefficient (Wildman–Crippen LogP) is 6.83. The van der Waals surface area contributed by atoms with E-state index in [0.717, 1.165) is 62.2 Å². The van der Waals surface area contributed by atoms with Gasteiger partial charge in [0.15, 0.2) is 0 Å². The number of carbonyl (C=O) groups is 1. The van der Waals surface area contributed by atoms with Crippen molar-refractivity contribution in [3.63, 3.8) is 0 Å². The SMILES string of the molecule is Cc1nnc(C2CCC(Oc3ccc(O)cc3)CC2)n1C1CC2N(CC[C@H](NC(=O)OC(C)(C)C)c3ccccc3)C3CCC321. The zero-order chi connectivity index (χ0) is 31.3. The first-order valence-electron chi connectivity index (χ1n) is 16.8. The summed E-state index contributed by atoms with van der Waals surface area (Å²) in [6.45, 7) is 8.77. The van der Waals surface area contributed by atoms with Crippen molar-refractivity contribution in [2.24, 2.45) is 5.41 Å². The Hall–Kier alpha value is -3.59. The van der Waals surface area contributed by atoms with Gasteiger partial charge >= 0.3 is 6.09 Å². The second-order valence-electron chi connectivity index (χ2n) is 14.6. The molecule has 9 nitrogen and oxygen atoms in total. The lowest BCUT2D eigenvalue weighted by atomic mass is 9.40. The van der Waals surface area contributed by atoms with Crippen molar-refractivity contribution < 1.29 is 19.4 Å². The van der Waals surface area contributed by atoms with Crippen LogP contribution < -0.4 is 10.1 Å². The summed E-state index contributed by atoms with van der Waals surface area (Å²) < 4.78 is 14.3. The van der Waals surface area contributed by atoms with Crippen LogP contribution in [0.25, 0.3) is 0 Å². The van der Waals surface area contributed by atoms with Gasteiger partial charge in [-0.05, 0) is 109 Å². The van der Waals surface area contributed by atoms with Crippen molar-refractivity contribution in [1.82, 2.24) is 25.0 Å². The quantitative estimate of drug-likeness (QED) is 0.273. The summed E-state index contributed by atoms with van der Waals surface area (Å²) in [5.74, 6) is 3.69. The number of carbonyl (C=O) groups excluding carboxylic acids is 1. The van der Waals surface area contributed by atoms with Gasteiger partial charge in [0.05, 0.1) is 12.1 Å². The molecule has 1 saturated heterocycles. The molecule has 240 valence electrons. The Balaban J connectivity index is 0.982. The van der Waals surface area contributed by atoms with Crippen LogP contribution in [0.2, 0.25) is 0 Å². The van der Waals surface area contributed by atoms with Crippen molar-refractivity contribution in [3.05, 3.63) is 71.8 Å². The molecule has 9 heteroatoms. The molecule has 1 aromatic heterocycles. The number of rotatable bonds is 9. The highest BCUT2D eigenvalue weighted by molar-refractivity contribution is 5.68. The molecule has 3 saturated carbocycles. The Labute approximate surface area is 266 Å². The summed E-state index contributed by atoms with van der Waals surface area (Å²) in [6.07, 6.45) is 8.40. The van der Waals surface area contributed by atoms with Gasteiger partial charge < -0.3 is 24.5 Å². The third-order valence-electron chi connectivity index (χ3n) is 10.9. The number of benzene rings is 2. The van der Waals surface area contributed by atoms with Gasteiger partial charge in [0.1, 0.15) is 28.7 Å². The van der Waals surface area contributed by atoms with E-state index in [2.05, 4.69) is 38.9 Å². The van der Waals surface area contributed by atoms with Crippen molar-refractivity contribution in [2.45, 2.75) is 121 Å². The molecule has 1 spiro atoms. The zero-order valence-corrected chi connectivity index (χ0v) is 27.0. The first kappa shape index (κ1) is 30.1. The molecule has 3 aliphatic carbocycles. The maximum absolute atomic E-state index is 12.7. The molecule has 4 aliphatic rings. The van der Waals surface area contributed by atoms with Crippen LogP contribution >= 0.6 is 0 Å². The fourth-order valence-electron chi connectivity index (χ4n) is 8.75. The zero-order valence-electron chi connectivity index (χ0n) is 27.0. The minimum Gasteiger partial charge on any atom is -0.508 e. The molecule has 5 atom stereocenters. The minimum atomic E-state index is -0.532. The summed E-state index contributed by atoms with van der Waals surface area (Å²) in [5, 5.41) is 22.1. The van der Waals surface area contributed by atoms with Crippen molar-refractivity contribution in [2.75, 3.05) is 6.54 Å². The minimum absolute atomic E-state index is 0.0909. The molecule has 2 heterocycles. The van der Waals surface area contributed by atoms with Crippen LogP contribution in [0.5, 0.6) is 11.5 Å². The summed E-state index contributed by atoms with van der Waals surface area (Å²) in [5.41, 5.74) is 0.917. The van der Waals surface area contributed by atoms with E-state index in [1.54, 1.807) is 12.1 Å². The molecule has 4 fully saturated rings. The van der Waals surface area contributed by atoms with E-state index in [4.69, 9.17) is 14.6 Å². The highest BCUT2D eigenvalue weighted by Crippen LogP contribution is 2.73. The molecule has 0 bridgehead atoms. The fourth-order valence-corrected chi connectivity index (χ4v) is 8.75. The average molecular weight is 614 g/mol. The van der Waals surface area contributed by atoms with Gasteiger partial charge in [-0.15, -0.1) is 10.2 Å². The van der Waals surface area contributed by atoms with E-state index in [-0.39, 0.29) is 24.0 Å². The molecule has 2 N–H and O–H groups in total. The fraction of sp³-hybridized carbons (Fsp3) is 0.583. The Morgan fingerprint density at radius 1 is 1.00 bits per heavy atom. The second-order valence-corrected chi connectivity index (χ2v) is 14.6. The average Bonchev–Trinajstić information content (AvgIpc) is 3.35. The van der Waals surface area contributed by atoms with E-state index in [9.17, 15) is 9.90 Å². The van der Waals surface area contributed by atoms with Crippen molar-refractivity contribution in [1.29, 1.82) is 0 Å². The first-order valence-corrected chi connectivity index (χ1v) is 16.8. The number of phenols is 1. The van der Waals surface area contributed by atoms with Gasteiger partial charge in [-0.2, -0.15) is 0 Å². The highest BCUT2D eigenvalue weighted by atomic mass is 16.6. The van der Waals surface area contributed by atoms with Crippen LogP contribution in [0.3, 0.4) is 0 Å². The van der Waals surface area contributed by atoms with Crippen LogP contribution in [0, 0.1) is 12.3 Å². The van der Waals surface area contributed by atoms with Gasteiger partial charge in [-0.1, -0.05) is 30.3 Å². The summed E-state index contributed by atoms with van der Waals surface area (Å²) >= 11 is 0. The normalized spacial score (nSPS) is 29.6. The van der Waals surface area contributed by atoms with Crippen LogP contribution in [0.15, 0.2) is 54.6 Å². The van der Waals surface area contributed by atoms with Crippen molar-refractivity contribution in [3.8, 4) is 11.5 Å². The van der Waals surface area contributed by atoms with Crippen molar-refractivity contribution >= 4 is 6.09 Å². The number of nitrogens with one attached hydrogen (secondary N) is 1. The van der Waals surface area contributed by atoms with Gasteiger partial charge in [0.2, 0.25) is 0 Å². The molecule has 7 rings (SSSR count). The number of ether oxygens (including phenoxy) is 2. The molecule has 4 unspecified atom stereocenters. The second kappa shape index (κ2) is 11.6. The lowest BCUT2D eigenvalue weighted by molar-refractivity contribution is -0.295. The number of phenolic OH excluding ortho intramolecular Hbond substituents is 1. The third-order valence-corrected chi connectivity index (χ3v) is 10.9. The van der Waals surface area contributed by atoms with Gasteiger partial charge in [-0.25, -0.2) is 4.79 Å². The van der Waals surface area contributed by atoms with E-state index in [1.165, 1.54) is 18.7 Å². The monoisotopic (exact) mass is 613 g/mol. The summed E-state index contributed by atoms with van der Waals surface area (Å²) in [7, 11) is 0. The smallest absolute Gasteiger partial charge is 0.408 e. The Morgan fingerprint density at radius 2 is 1.73 bits per heavy atom. The summed E-state index contributed by atoms with van der Waals surface area (Å²) in [6, 6.07) is 18.8. The van der Waals surface area contributed by atoms with E-state index < -0.39 is 5.60 Å². The van der Waals surface area contributed by atoms with E-state index in [0.29, 0.717) is 29.5 Å². The highest BCUT2D eigenvalue weighted by Gasteiger charge is 2.75. The number of aromatic hydroxyl groups is 1. The van der Waals surface area contributed by atoms with Gasteiger partial charge in [0.25, 0.3) is 0 Å². The molecule has 1 amide bonds. The molecule has 1 aliphatic heterocycles. The molecule has 2 aromatic carbocycles. The lowest BCUT2D eigenvalue weighted by Gasteiger charge is -2.80. The Morgan fingerprint density at radius 3 is 2.38 bits per heavy atom. The number of likely N-dealkylation sites (tertiary alicyclic amines) is 1. The van der Waals surface area contributed by atoms with Crippen LogP contribution in [-0.2, 0) is 4.74 Å². The Bertz CT molecular complexity index is 1490. The number of aromatic nitrogens is 3.